The van der Waals surface area contributed by atoms with Gasteiger partial charge in [0, 0.05) is 24.9 Å². The van der Waals surface area contributed by atoms with Gasteiger partial charge in [-0.05, 0) is 31.2 Å². The molecule has 0 aliphatic heterocycles. The number of fused-ring (bicyclic) bond motifs is 1. The van der Waals surface area contributed by atoms with Gasteiger partial charge < -0.3 is 14.7 Å². The summed E-state index contributed by atoms with van der Waals surface area (Å²) in [6, 6.07) is 14.1. The number of H-pyrrole nitrogens is 1. The number of hydrogen-bond donors (Lipinski definition) is 2. The fourth-order valence-electron chi connectivity index (χ4n) is 3.18. The summed E-state index contributed by atoms with van der Waals surface area (Å²) in [6.45, 7) is 1.99. The van der Waals surface area contributed by atoms with Crippen LogP contribution in [0.3, 0.4) is 0 Å². The highest BCUT2D eigenvalue weighted by Crippen LogP contribution is 2.20. The van der Waals surface area contributed by atoms with Gasteiger partial charge in [-0.3, -0.25) is 13.9 Å². The van der Waals surface area contributed by atoms with Crippen molar-refractivity contribution in [2.45, 2.75) is 19.9 Å². The maximum Gasteiger partial charge on any atom is 0.419 e. The molecular formula is C20H18N4O4. The number of benzene rings is 2. The van der Waals surface area contributed by atoms with Crippen molar-refractivity contribution in [1.82, 2.24) is 14.1 Å². The quantitative estimate of drug-likeness (QED) is 0.557. The van der Waals surface area contributed by atoms with Gasteiger partial charge in [0.05, 0.1) is 16.9 Å². The molecule has 0 aliphatic carbocycles. The summed E-state index contributed by atoms with van der Waals surface area (Å²) in [5, 5.41) is 2.82. The van der Waals surface area contributed by atoms with Crippen LogP contribution in [-0.4, -0.2) is 20.0 Å². The molecule has 2 aromatic carbocycles. The van der Waals surface area contributed by atoms with Crippen molar-refractivity contribution in [2.24, 2.45) is 0 Å². The number of carbonyl (C=O) groups excluding carboxylic acids is 1. The lowest BCUT2D eigenvalue weighted by atomic mass is 10.2. The Hall–Kier alpha value is -3.81. The predicted molar refractivity (Wildman–Crippen MR) is 105 cm³/mol. The summed E-state index contributed by atoms with van der Waals surface area (Å²) in [4.78, 5) is 39.2. The maximum atomic E-state index is 12.5. The van der Waals surface area contributed by atoms with Gasteiger partial charge in [0.1, 0.15) is 0 Å². The van der Waals surface area contributed by atoms with Crippen molar-refractivity contribution in [3.05, 3.63) is 81.5 Å². The van der Waals surface area contributed by atoms with E-state index in [1.807, 2.05) is 0 Å². The summed E-state index contributed by atoms with van der Waals surface area (Å²) >= 11 is 0. The van der Waals surface area contributed by atoms with Gasteiger partial charge >= 0.3 is 11.4 Å². The number of amides is 1. The molecule has 0 saturated carbocycles. The monoisotopic (exact) mass is 378 g/mol. The van der Waals surface area contributed by atoms with Crippen LogP contribution < -0.4 is 16.8 Å². The highest BCUT2D eigenvalue weighted by Gasteiger charge is 2.14. The number of aromatic amines is 1. The van der Waals surface area contributed by atoms with Crippen molar-refractivity contribution in [1.29, 1.82) is 0 Å². The molecule has 0 aliphatic rings. The third kappa shape index (κ3) is 3.16. The Balaban J connectivity index is 1.54. The Kier molecular flexibility index (Phi) is 4.44. The van der Waals surface area contributed by atoms with Crippen molar-refractivity contribution in [3.8, 4) is 5.69 Å². The smallest absolute Gasteiger partial charge is 0.408 e. The average Bonchev–Trinajstić information content (AvgIpc) is 3.18. The first-order valence-electron chi connectivity index (χ1n) is 8.79. The van der Waals surface area contributed by atoms with Gasteiger partial charge in [-0.1, -0.05) is 24.3 Å². The Bertz CT molecular complexity index is 1280. The van der Waals surface area contributed by atoms with E-state index >= 15 is 0 Å². The summed E-state index contributed by atoms with van der Waals surface area (Å²) in [5.41, 5.74) is 2.67. The molecule has 4 rings (SSSR count). The van der Waals surface area contributed by atoms with Crippen LogP contribution in [-0.2, 0) is 11.3 Å². The van der Waals surface area contributed by atoms with Gasteiger partial charge in [-0.25, -0.2) is 9.59 Å². The SMILES string of the molecule is Cc1c[nH]c(=O)n1-c1ccccc1NC(=O)CCn1c(=O)oc2ccccc21. The standard InChI is InChI=1S/C20H18N4O4/c1-13-12-21-19(26)24(13)15-7-3-2-6-14(15)22-18(25)10-11-23-16-8-4-5-9-17(16)28-20(23)27/h2-9,12H,10-11H2,1H3,(H,21,26)(H,22,25). The molecule has 0 fully saturated rings. The lowest BCUT2D eigenvalue weighted by Gasteiger charge is -2.12. The summed E-state index contributed by atoms with van der Waals surface area (Å²) in [6.07, 6.45) is 1.69. The highest BCUT2D eigenvalue weighted by molar-refractivity contribution is 5.92. The largest absolute Gasteiger partial charge is 0.419 e. The Morgan fingerprint density at radius 3 is 2.64 bits per heavy atom. The van der Waals surface area contributed by atoms with E-state index in [9.17, 15) is 14.4 Å². The normalized spacial score (nSPS) is 11.0. The van der Waals surface area contributed by atoms with E-state index in [2.05, 4.69) is 10.3 Å². The Morgan fingerprint density at radius 1 is 1.11 bits per heavy atom. The first kappa shape index (κ1) is 17.6. The van der Waals surface area contributed by atoms with Crippen molar-refractivity contribution in [3.63, 3.8) is 0 Å². The first-order valence-corrected chi connectivity index (χ1v) is 8.79. The molecule has 0 saturated heterocycles. The maximum absolute atomic E-state index is 12.5. The minimum absolute atomic E-state index is 0.0821. The van der Waals surface area contributed by atoms with Gasteiger partial charge in [-0.2, -0.15) is 0 Å². The second kappa shape index (κ2) is 7.07. The third-order valence-corrected chi connectivity index (χ3v) is 4.52. The van der Waals surface area contributed by atoms with E-state index < -0.39 is 5.76 Å². The number of anilines is 1. The van der Waals surface area contributed by atoms with Gasteiger partial charge in [0.25, 0.3) is 0 Å². The zero-order valence-electron chi connectivity index (χ0n) is 15.1. The van der Waals surface area contributed by atoms with Crippen molar-refractivity contribution in [2.75, 3.05) is 5.32 Å². The minimum Gasteiger partial charge on any atom is -0.408 e. The molecule has 1 amide bonds. The second-order valence-electron chi connectivity index (χ2n) is 6.37. The number of rotatable bonds is 5. The lowest BCUT2D eigenvalue weighted by Crippen LogP contribution is -2.22. The number of aryl methyl sites for hydroxylation is 2. The van der Waals surface area contributed by atoms with Crippen LogP contribution >= 0.6 is 0 Å². The van der Waals surface area contributed by atoms with Gasteiger partial charge in [-0.15, -0.1) is 0 Å². The number of oxazole rings is 1. The molecule has 2 aromatic heterocycles. The zero-order valence-corrected chi connectivity index (χ0v) is 15.1. The molecule has 0 unspecified atom stereocenters. The van der Waals surface area contributed by atoms with Crippen molar-refractivity contribution < 1.29 is 9.21 Å². The number of imidazole rings is 1. The first-order chi connectivity index (χ1) is 13.5. The molecule has 0 spiro atoms. The molecule has 8 nitrogen and oxygen atoms in total. The number of nitrogens with one attached hydrogen (secondary N) is 2. The van der Waals surface area contributed by atoms with Crippen LogP contribution in [0.5, 0.6) is 0 Å². The molecule has 0 radical (unpaired) electrons. The van der Waals surface area contributed by atoms with E-state index in [0.29, 0.717) is 22.5 Å². The minimum atomic E-state index is -0.496. The Labute approximate surface area is 159 Å². The van der Waals surface area contributed by atoms with Crippen LogP contribution in [0.25, 0.3) is 16.8 Å². The van der Waals surface area contributed by atoms with E-state index in [0.717, 1.165) is 5.69 Å². The topological polar surface area (TPSA) is 102 Å². The van der Waals surface area contributed by atoms with E-state index in [1.54, 1.807) is 61.7 Å². The molecule has 0 bridgehead atoms. The molecule has 142 valence electrons. The second-order valence-corrected chi connectivity index (χ2v) is 6.37. The van der Waals surface area contributed by atoms with Crippen LogP contribution in [0, 0.1) is 6.92 Å². The van der Waals surface area contributed by atoms with Crippen LogP contribution in [0.1, 0.15) is 12.1 Å². The van der Waals surface area contributed by atoms with Crippen molar-refractivity contribution >= 4 is 22.7 Å². The molecule has 2 heterocycles. The predicted octanol–water partition coefficient (Wildman–Crippen LogP) is 2.41. The molecular weight excluding hydrogens is 360 g/mol. The molecule has 4 aromatic rings. The van der Waals surface area contributed by atoms with Crippen LogP contribution in [0.4, 0.5) is 5.69 Å². The van der Waals surface area contributed by atoms with E-state index in [4.69, 9.17) is 4.42 Å². The van der Waals surface area contributed by atoms with Crippen LogP contribution in [0.15, 0.2) is 68.7 Å². The number of para-hydroxylation sites is 4. The van der Waals surface area contributed by atoms with E-state index in [1.165, 1.54) is 9.13 Å². The van der Waals surface area contributed by atoms with Gasteiger partial charge in [0.2, 0.25) is 5.91 Å². The number of carbonyl (C=O) groups is 1. The summed E-state index contributed by atoms with van der Waals surface area (Å²) in [5.74, 6) is -0.769. The third-order valence-electron chi connectivity index (χ3n) is 4.52. The van der Waals surface area contributed by atoms with Gasteiger partial charge in [0.15, 0.2) is 5.58 Å². The fourth-order valence-corrected chi connectivity index (χ4v) is 3.18. The summed E-state index contributed by atoms with van der Waals surface area (Å²) < 4.78 is 8.10. The van der Waals surface area contributed by atoms with E-state index in [-0.39, 0.29) is 24.6 Å². The average molecular weight is 378 g/mol. The molecule has 28 heavy (non-hydrogen) atoms. The van der Waals surface area contributed by atoms with Crippen LogP contribution in [0.2, 0.25) is 0 Å². The highest BCUT2D eigenvalue weighted by atomic mass is 16.4. The fraction of sp³-hybridized carbons (Fsp3) is 0.150. The summed E-state index contributed by atoms with van der Waals surface area (Å²) in [7, 11) is 0. The lowest BCUT2D eigenvalue weighted by molar-refractivity contribution is -0.116. The molecule has 8 heteroatoms. The number of nitrogens with zero attached hydrogens (tertiary/aromatic N) is 2. The molecule has 0 atom stereocenters. The number of hydrogen-bond acceptors (Lipinski definition) is 4. The molecule has 2 N–H and O–H groups in total. The Morgan fingerprint density at radius 2 is 1.86 bits per heavy atom. The number of aromatic nitrogens is 3. The zero-order chi connectivity index (χ0) is 19.7.